The third-order valence-electron chi connectivity index (χ3n) is 4.12. The molecule has 1 aromatic carbocycles. The average Bonchev–Trinajstić information content (AvgIpc) is 3.05. The number of rotatable bonds is 6. The number of guanidine groups is 1. The lowest BCUT2D eigenvalue weighted by Crippen LogP contribution is -2.39. The molecule has 1 atom stereocenters. The van der Waals surface area contributed by atoms with Crippen LogP contribution >= 0.6 is 0 Å². The molecular weight excluding hydrogens is 350 g/mol. The molecule has 0 bridgehead atoms. The fourth-order valence-corrected chi connectivity index (χ4v) is 2.78. The van der Waals surface area contributed by atoms with Crippen LogP contribution in [0.4, 0.5) is 8.78 Å². The van der Waals surface area contributed by atoms with Crippen molar-refractivity contribution in [1.82, 2.24) is 25.2 Å². The van der Waals surface area contributed by atoms with E-state index >= 15 is 0 Å². The minimum absolute atomic E-state index is 0.364. The van der Waals surface area contributed by atoms with Gasteiger partial charge in [0.2, 0.25) is 0 Å². The van der Waals surface area contributed by atoms with Gasteiger partial charge in [-0.1, -0.05) is 12.1 Å². The highest BCUT2D eigenvalue weighted by atomic mass is 19.1. The molecular formula is C19H22F2N6. The minimum atomic E-state index is -0.593. The van der Waals surface area contributed by atoms with Crippen LogP contribution in [0.25, 0.3) is 5.65 Å². The lowest BCUT2D eigenvalue weighted by molar-refractivity contribution is 0.551. The molecule has 0 saturated heterocycles. The van der Waals surface area contributed by atoms with E-state index in [4.69, 9.17) is 0 Å². The molecule has 0 aliphatic carbocycles. The fraction of sp³-hybridized carbons (Fsp3) is 0.316. The first-order chi connectivity index (χ1) is 13.1. The predicted octanol–water partition coefficient (Wildman–Crippen LogP) is 2.87. The predicted molar refractivity (Wildman–Crippen MR) is 101 cm³/mol. The van der Waals surface area contributed by atoms with Crippen molar-refractivity contribution < 1.29 is 8.78 Å². The van der Waals surface area contributed by atoms with Gasteiger partial charge in [0, 0.05) is 37.3 Å². The topological polar surface area (TPSA) is 66.6 Å². The van der Waals surface area contributed by atoms with Crippen LogP contribution in [0.2, 0.25) is 0 Å². The van der Waals surface area contributed by atoms with Gasteiger partial charge in [-0.05, 0) is 32.0 Å². The third kappa shape index (κ3) is 4.58. The molecule has 2 N–H and O–H groups in total. The van der Waals surface area contributed by atoms with Gasteiger partial charge in [0.15, 0.2) is 11.6 Å². The van der Waals surface area contributed by atoms with Crippen LogP contribution in [-0.4, -0.2) is 33.6 Å². The van der Waals surface area contributed by atoms with Gasteiger partial charge in [-0.3, -0.25) is 9.39 Å². The molecule has 2 aromatic heterocycles. The Labute approximate surface area is 156 Å². The van der Waals surface area contributed by atoms with Crippen LogP contribution in [0.15, 0.2) is 47.6 Å². The van der Waals surface area contributed by atoms with E-state index in [1.54, 1.807) is 6.92 Å². The minimum Gasteiger partial charge on any atom is -0.357 e. The SMILES string of the molecule is CCNC(=NCCc1nnc2ccccn12)NC(C)c1ccc(F)cc1F. The van der Waals surface area contributed by atoms with Crippen molar-refractivity contribution >= 4 is 11.6 Å². The first-order valence-electron chi connectivity index (χ1n) is 8.87. The maximum absolute atomic E-state index is 14.0. The molecule has 6 nitrogen and oxygen atoms in total. The zero-order valence-electron chi connectivity index (χ0n) is 15.3. The highest BCUT2D eigenvalue weighted by Crippen LogP contribution is 2.17. The number of fused-ring (bicyclic) bond motifs is 1. The highest BCUT2D eigenvalue weighted by Gasteiger charge is 2.13. The molecule has 3 aromatic rings. The molecule has 27 heavy (non-hydrogen) atoms. The molecule has 3 rings (SSSR count). The van der Waals surface area contributed by atoms with E-state index in [0.29, 0.717) is 31.0 Å². The quantitative estimate of drug-likeness (QED) is 0.516. The highest BCUT2D eigenvalue weighted by molar-refractivity contribution is 5.80. The van der Waals surface area contributed by atoms with E-state index in [-0.39, 0.29) is 6.04 Å². The number of nitrogens with one attached hydrogen (secondary N) is 2. The van der Waals surface area contributed by atoms with Crippen LogP contribution < -0.4 is 10.6 Å². The van der Waals surface area contributed by atoms with E-state index in [0.717, 1.165) is 17.5 Å². The van der Waals surface area contributed by atoms with E-state index < -0.39 is 11.6 Å². The van der Waals surface area contributed by atoms with Gasteiger partial charge in [-0.15, -0.1) is 10.2 Å². The Morgan fingerprint density at radius 3 is 2.85 bits per heavy atom. The molecule has 0 amide bonds. The normalized spacial score (nSPS) is 13.0. The zero-order chi connectivity index (χ0) is 19.2. The van der Waals surface area contributed by atoms with Crippen LogP contribution in [0.1, 0.15) is 31.3 Å². The van der Waals surface area contributed by atoms with Crippen LogP contribution in [0, 0.1) is 11.6 Å². The molecule has 0 aliphatic heterocycles. The summed E-state index contributed by atoms with van der Waals surface area (Å²) < 4.78 is 29.0. The lowest BCUT2D eigenvalue weighted by atomic mass is 10.1. The number of benzene rings is 1. The van der Waals surface area contributed by atoms with Gasteiger partial charge < -0.3 is 10.6 Å². The Balaban J connectivity index is 1.67. The Morgan fingerprint density at radius 2 is 2.07 bits per heavy atom. The van der Waals surface area contributed by atoms with Crippen molar-refractivity contribution in [2.24, 2.45) is 4.99 Å². The summed E-state index contributed by atoms with van der Waals surface area (Å²) in [7, 11) is 0. The monoisotopic (exact) mass is 372 g/mol. The summed E-state index contributed by atoms with van der Waals surface area (Å²) in [5, 5.41) is 14.6. The third-order valence-corrected chi connectivity index (χ3v) is 4.12. The van der Waals surface area contributed by atoms with Crippen LogP contribution in [0.3, 0.4) is 0 Å². The smallest absolute Gasteiger partial charge is 0.191 e. The lowest BCUT2D eigenvalue weighted by Gasteiger charge is -2.18. The second-order valence-corrected chi connectivity index (χ2v) is 6.09. The summed E-state index contributed by atoms with van der Waals surface area (Å²) in [6, 6.07) is 8.93. The molecule has 0 saturated carbocycles. The van der Waals surface area contributed by atoms with Crippen molar-refractivity contribution in [3.05, 3.63) is 65.6 Å². The largest absolute Gasteiger partial charge is 0.357 e. The second kappa shape index (κ2) is 8.57. The summed E-state index contributed by atoms with van der Waals surface area (Å²) >= 11 is 0. The Bertz CT molecular complexity index is 937. The van der Waals surface area contributed by atoms with Crippen LogP contribution in [-0.2, 0) is 6.42 Å². The van der Waals surface area contributed by atoms with E-state index in [1.807, 2.05) is 35.7 Å². The fourth-order valence-electron chi connectivity index (χ4n) is 2.78. The van der Waals surface area contributed by atoms with Crippen molar-refractivity contribution in [2.75, 3.05) is 13.1 Å². The first-order valence-corrected chi connectivity index (χ1v) is 8.87. The Hall–Kier alpha value is -3.03. The van der Waals surface area contributed by atoms with E-state index in [9.17, 15) is 8.78 Å². The number of halogens is 2. The standard InChI is InChI=1S/C19H22F2N6/c1-3-22-19(24-13(2)15-8-7-14(20)12-16(15)21)23-10-9-18-26-25-17-6-4-5-11-27(17)18/h4-8,11-13H,3,9-10H2,1-2H3,(H2,22,23,24). The number of pyridine rings is 1. The Kier molecular flexibility index (Phi) is 5.95. The van der Waals surface area contributed by atoms with Gasteiger partial charge in [-0.25, -0.2) is 8.78 Å². The molecule has 0 radical (unpaired) electrons. The van der Waals surface area contributed by atoms with E-state index in [2.05, 4.69) is 25.8 Å². The van der Waals surface area contributed by atoms with E-state index in [1.165, 1.54) is 12.1 Å². The number of nitrogens with zero attached hydrogens (tertiary/aromatic N) is 4. The summed E-state index contributed by atoms with van der Waals surface area (Å²) in [6.07, 6.45) is 2.53. The molecule has 0 spiro atoms. The maximum Gasteiger partial charge on any atom is 0.191 e. The van der Waals surface area contributed by atoms with Gasteiger partial charge in [0.05, 0.1) is 6.04 Å². The van der Waals surface area contributed by atoms with Crippen molar-refractivity contribution in [2.45, 2.75) is 26.3 Å². The number of aliphatic imine (C=N–C) groups is 1. The van der Waals surface area contributed by atoms with Gasteiger partial charge in [0.1, 0.15) is 17.5 Å². The maximum atomic E-state index is 14.0. The molecule has 8 heteroatoms. The molecule has 1 unspecified atom stereocenters. The second-order valence-electron chi connectivity index (χ2n) is 6.09. The number of aromatic nitrogens is 3. The van der Waals surface area contributed by atoms with Gasteiger partial charge in [0.25, 0.3) is 0 Å². The Morgan fingerprint density at radius 1 is 1.22 bits per heavy atom. The van der Waals surface area contributed by atoms with Gasteiger partial charge >= 0.3 is 0 Å². The number of hydrogen-bond donors (Lipinski definition) is 2. The van der Waals surface area contributed by atoms with Crippen molar-refractivity contribution in [3.8, 4) is 0 Å². The average molecular weight is 372 g/mol. The summed E-state index contributed by atoms with van der Waals surface area (Å²) in [5.74, 6) is 0.204. The molecule has 2 heterocycles. The first kappa shape index (κ1) is 18.8. The summed E-state index contributed by atoms with van der Waals surface area (Å²) in [4.78, 5) is 4.52. The van der Waals surface area contributed by atoms with Gasteiger partial charge in [-0.2, -0.15) is 0 Å². The molecule has 0 aliphatic rings. The molecule has 142 valence electrons. The number of hydrogen-bond acceptors (Lipinski definition) is 3. The summed E-state index contributed by atoms with van der Waals surface area (Å²) in [5.41, 5.74) is 1.17. The van der Waals surface area contributed by atoms with Crippen LogP contribution in [0.5, 0.6) is 0 Å². The zero-order valence-corrected chi connectivity index (χ0v) is 15.3. The van der Waals surface area contributed by atoms with Crippen molar-refractivity contribution in [3.63, 3.8) is 0 Å². The summed E-state index contributed by atoms with van der Waals surface area (Å²) in [6.45, 7) is 4.91. The molecule has 0 fully saturated rings. The van der Waals surface area contributed by atoms with Crippen molar-refractivity contribution in [1.29, 1.82) is 0 Å².